The lowest BCUT2D eigenvalue weighted by Gasteiger charge is -2.28. The summed E-state index contributed by atoms with van der Waals surface area (Å²) < 4.78 is 7.28. The van der Waals surface area contributed by atoms with E-state index in [1.54, 1.807) is 0 Å². The maximum absolute atomic E-state index is 6.14. The molecule has 1 aromatic rings. The van der Waals surface area contributed by atoms with Gasteiger partial charge in [-0.25, -0.2) is 0 Å². The molecule has 0 aromatic heterocycles. The van der Waals surface area contributed by atoms with E-state index in [4.69, 9.17) is 4.74 Å². The van der Waals surface area contributed by atoms with Crippen LogP contribution >= 0.6 is 15.9 Å². The molecule has 0 saturated heterocycles. The lowest BCUT2D eigenvalue weighted by Crippen LogP contribution is -2.24. The molecule has 1 N–H and O–H groups in total. The van der Waals surface area contributed by atoms with E-state index < -0.39 is 0 Å². The van der Waals surface area contributed by atoms with Gasteiger partial charge in [-0.3, -0.25) is 0 Å². The third-order valence-corrected chi connectivity index (χ3v) is 4.83. The van der Waals surface area contributed by atoms with Gasteiger partial charge in [0.05, 0.1) is 6.10 Å². The maximum Gasteiger partial charge on any atom is 0.120 e. The van der Waals surface area contributed by atoms with Gasteiger partial charge in [-0.15, -0.1) is 0 Å². The third kappa shape index (κ3) is 4.22. The molecule has 0 aliphatic heterocycles. The summed E-state index contributed by atoms with van der Waals surface area (Å²) in [6.45, 7) is 3.16. The van der Waals surface area contributed by atoms with Crippen molar-refractivity contribution in [2.75, 3.05) is 7.05 Å². The van der Waals surface area contributed by atoms with Crippen LogP contribution in [0.3, 0.4) is 0 Å². The molecule has 1 aliphatic carbocycles. The fraction of sp³-hybridized carbons (Fsp3) is 0.625. The predicted molar refractivity (Wildman–Crippen MR) is 83.6 cm³/mol. The van der Waals surface area contributed by atoms with Crippen LogP contribution in [0, 0.1) is 5.92 Å². The smallest absolute Gasteiger partial charge is 0.120 e. The Kier molecular flexibility index (Phi) is 5.71. The van der Waals surface area contributed by atoms with E-state index in [0.717, 1.165) is 22.7 Å². The molecular formula is C16H24BrNO. The molecule has 1 aliphatic rings. The number of ether oxygens (including phenoxy) is 1. The minimum absolute atomic E-state index is 0.409. The van der Waals surface area contributed by atoms with Crippen molar-refractivity contribution >= 4 is 15.9 Å². The highest BCUT2D eigenvalue weighted by atomic mass is 79.9. The molecule has 1 fully saturated rings. The van der Waals surface area contributed by atoms with Crippen LogP contribution in [0.5, 0.6) is 5.75 Å². The molecule has 0 unspecified atom stereocenters. The first-order valence-electron chi connectivity index (χ1n) is 7.32. The number of rotatable bonds is 5. The van der Waals surface area contributed by atoms with Crippen molar-refractivity contribution in [3.63, 3.8) is 0 Å². The maximum atomic E-state index is 6.14. The number of hydrogen-bond donors (Lipinski definition) is 1. The van der Waals surface area contributed by atoms with Gasteiger partial charge in [-0.05, 0) is 62.4 Å². The van der Waals surface area contributed by atoms with Crippen molar-refractivity contribution in [2.24, 2.45) is 5.92 Å². The van der Waals surface area contributed by atoms with Gasteiger partial charge in [0, 0.05) is 11.0 Å². The van der Waals surface area contributed by atoms with E-state index in [1.807, 2.05) is 7.05 Å². The number of hydrogen-bond acceptors (Lipinski definition) is 2. The Balaban J connectivity index is 1.94. The van der Waals surface area contributed by atoms with Crippen molar-refractivity contribution in [1.82, 2.24) is 5.32 Å². The molecular weight excluding hydrogens is 302 g/mol. The summed E-state index contributed by atoms with van der Waals surface area (Å²) in [7, 11) is 1.96. The fourth-order valence-electron chi connectivity index (χ4n) is 2.80. The summed E-state index contributed by atoms with van der Waals surface area (Å²) >= 11 is 3.58. The van der Waals surface area contributed by atoms with Crippen LogP contribution < -0.4 is 10.1 Å². The predicted octanol–water partition coefficient (Wildman–Crippen LogP) is 4.52. The first-order chi connectivity index (χ1) is 9.22. The zero-order valence-electron chi connectivity index (χ0n) is 11.9. The fourth-order valence-corrected chi connectivity index (χ4v) is 3.19. The van der Waals surface area contributed by atoms with Crippen LogP contribution in [-0.4, -0.2) is 13.2 Å². The van der Waals surface area contributed by atoms with Gasteiger partial charge in [0.15, 0.2) is 0 Å². The van der Waals surface area contributed by atoms with Crippen LogP contribution in [0.4, 0.5) is 0 Å². The highest BCUT2D eigenvalue weighted by Crippen LogP contribution is 2.30. The van der Waals surface area contributed by atoms with E-state index in [0.29, 0.717) is 6.10 Å². The van der Waals surface area contributed by atoms with Crippen LogP contribution in [-0.2, 0) is 6.54 Å². The van der Waals surface area contributed by atoms with Crippen molar-refractivity contribution in [3.8, 4) is 5.75 Å². The third-order valence-electron chi connectivity index (χ3n) is 4.06. The summed E-state index contributed by atoms with van der Waals surface area (Å²) in [6.07, 6.45) is 6.78. The normalized spacial score (nSPS) is 23.3. The Morgan fingerprint density at radius 1 is 1.26 bits per heavy atom. The van der Waals surface area contributed by atoms with E-state index in [1.165, 1.54) is 37.7 Å². The second-order valence-electron chi connectivity index (χ2n) is 5.45. The second-order valence-corrected chi connectivity index (χ2v) is 6.31. The standard InChI is InChI=1S/C16H24BrNO/c1-3-12-4-6-14(7-5-12)19-15-8-9-16(17)13(10-15)11-18-2/h8-10,12,14,18H,3-7,11H2,1-2H3. The zero-order valence-corrected chi connectivity index (χ0v) is 13.5. The molecule has 3 heteroatoms. The molecule has 2 rings (SSSR count). The quantitative estimate of drug-likeness (QED) is 0.859. The molecule has 0 heterocycles. The average molecular weight is 326 g/mol. The highest BCUT2D eigenvalue weighted by molar-refractivity contribution is 9.10. The monoisotopic (exact) mass is 325 g/mol. The summed E-state index contributed by atoms with van der Waals surface area (Å²) in [6, 6.07) is 6.29. The van der Waals surface area contributed by atoms with Crippen molar-refractivity contribution in [3.05, 3.63) is 28.2 Å². The minimum atomic E-state index is 0.409. The van der Waals surface area contributed by atoms with Gasteiger partial charge in [0.25, 0.3) is 0 Å². The van der Waals surface area contributed by atoms with E-state index in [9.17, 15) is 0 Å². The largest absolute Gasteiger partial charge is 0.490 e. The first-order valence-corrected chi connectivity index (χ1v) is 8.12. The number of halogens is 1. The number of nitrogens with one attached hydrogen (secondary N) is 1. The van der Waals surface area contributed by atoms with E-state index >= 15 is 0 Å². The Labute approximate surface area is 125 Å². The second kappa shape index (κ2) is 7.30. The molecule has 0 radical (unpaired) electrons. The van der Waals surface area contributed by atoms with Gasteiger partial charge < -0.3 is 10.1 Å². The lowest BCUT2D eigenvalue weighted by molar-refractivity contribution is 0.130. The van der Waals surface area contributed by atoms with Gasteiger partial charge in [0.2, 0.25) is 0 Å². The zero-order chi connectivity index (χ0) is 13.7. The summed E-state index contributed by atoms with van der Waals surface area (Å²) in [5.41, 5.74) is 1.25. The summed E-state index contributed by atoms with van der Waals surface area (Å²) in [5.74, 6) is 1.93. The van der Waals surface area contributed by atoms with Crippen LogP contribution in [0.25, 0.3) is 0 Å². The minimum Gasteiger partial charge on any atom is -0.490 e. The van der Waals surface area contributed by atoms with Crippen molar-refractivity contribution < 1.29 is 4.74 Å². The van der Waals surface area contributed by atoms with Crippen LogP contribution in [0.2, 0.25) is 0 Å². The highest BCUT2D eigenvalue weighted by Gasteiger charge is 2.21. The van der Waals surface area contributed by atoms with Crippen LogP contribution in [0.15, 0.2) is 22.7 Å². The SMILES string of the molecule is CCC1CCC(Oc2ccc(Br)c(CNC)c2)CC1. The summed E-state index contributed by atoms with van der Waals surface area (Å²) in [4.78, 5) is 0. The van der Waals surface area contributed by atoms with Crippen molar-refractivity contribution in [2.45, 2.75) is 51.7 Å². The molecule has 0 bridgehead atoms. The van der Waals surface area contributed by atoms with E-state index in [2.05, 4.69) is 46.4 Å². The molecule has 0 amide bonds. The molecule has 2 nitrogen and oxygen atoms in total. The Hall–Kier alpha value is -0.540. The summed E-state index contributed by atoms with van der Waals surface area (Å²) in [5, 5.41) is 3.18. The van der Waals surface area contributed by atoms with Crippen LogP contribution in [0.1, 0.15) is 44.6 Å². The lowest BCUT2D eigenvalue weighted by atomic mass is 9.86. The molecule has 1 aromatic carbocycles. The van der Waals surface area contributed by atoms with Crippen molar-refractivity contribution in [1.29, 1.82) is 0 Å². The Bertz CT molecular complexity index is 400. The molecule has 1 saturated carbocycles. The molecule has 0 atom stereocenters. The number of benzene rings is 1. The average Bonchev–Trinajstić information content (AvgIpc) is 2.44. The molecule has 106 valence electrons. The first kappa shape index (κ1) is 14.9. The van der Waals surface area contributed by atoms with Gasteiger partial charge in [-0.1, -0.05) is 29.3 Å². The van der Waals surface area contributed by atoms with E-state index in [-0.39, 0.29) is 0 Å². The molecule has 0 spiro atoms. The Morgan fingerprint density at radius 3 is 2.63 bits per heavy atom. The molecule has 19 heavy (non-hydrogen) atoms. The van der Waals surface area contributed by atoms with Gasteiger partial charge in [0.1, 0.15) is 5.75 Å². The van der Waals surface area contributed by atoms with Gasteiger partial charge >= 0.3 is 0 Å². The van der Waals surface area contributed by atoms with Gasteiger partial charge in [-0.2, -0.15) is 0 Å². The topological polar surface area (TPSA) is 21.3 Å². The Morgan fingerprint density at radius 2 is 2.00 bits per heavy atom.